The van der Waals surface area contributed by atoms with E-state index in [9.17, 15) is 8.42 Å². The molecule has 0 fully saturated rings. The standard InChI is InChI=1S/C10H17NO2S3/c1-4-11(5-2)10(14)15-9-7-16(12,13)6-8(9)3/h6,9H,4-5,7H2,1-3H3/t9-/m1/s1. The van der Waals surface area contributed by atoms with Crippen LogP contribution in [0.3, 0.4) is 0 Å². The fraction of sp³-hybridized carbons (Fsp3) is 0.700. The Morgan fingerprint density at radius 1 is 1.56 bits per heavy atom. The van der Waals surface area contributed by atoms with Gasteiger partial charge in [0, 0.05) is 23.7 Å². The summed E-state index contributed by atoms with van der Waals surface area (Å²) >= 11 is 6.79. The van der Waals surface area contributed by atoms with Crippen LogP contribution >= 0.6 is 24.0 Å². The van der Waals surface area contributed by atoms with Gasteiger partial charge in [-0.15, -0.1) is 0 Å². The first kappa shape index (κ1) is 14.0. The molecule has 0 amide bonds. The fourth-order valence-corrected chi connectivity index (χ4v) is 5.51. The minimum absolute atomic E-state index is 0.00176. The second-order valence-electron chi connectivity index (χ2n) is 3.74. The summed E-state index contributed by atoms with van der Waals surface area (Å²) < 4.78 is 23.6. The molecule has 1 aliphatic heterocycles. The maximum atomic E-state index is 11.4. The Bertz CT molecular complexity index is 396. The molecule has 0 radical (unpaired) electrons. The summed E-state index contributed by atoms with van der Waals surface area (Å²) in [6.45, 7) is 7.68. The first-order chi connectivity index (χ1) is 7.39. The van der Waals surface area contributed by atoms with Gasteiger partial charge in [-0.2, -0.15) is 0 Å². The Kier molecular flexibility index (Phi) is 4.82. The smallest absolute Gasteiger partial charge is 0.173 e. The van der Waals surface area contributed by atoms with Crippen LogP contribution in [-0.2, 0) is 9.84 Å². The Morgan fingerprint density at radius 2 is 2.12 bits per heavy atom. The summed E-state index contributed by atoms with van der Waals surface area (Å²) in [4.78, 5) is 2.07. The number of sulfone groups is 1. The van der Waals surface area contributed by atoms with Gasteiger partial charge in [0.05, 0.1) is 5.75 Å². The van der Waals surface area contributed by atoms with Crippen LogP contribution in [0.25, 0.3) is 0 Å². The third kappa shape index (κ3) is 3.46. The highest BCUT2D eigenvalue weighted by Crippen LogP contribution is 2.29. The number of nitrogens with zero attached hydrogens (tertiary/aromatic N) is 1. The van der Waals surface area contributed by atoms with Gasteiger partial charge in [-0.1, -0.05) is 24.0 Å². The SMILES string of the molecule is CCN(CC)C(=S)S[C@@H]1CS(=O)(=O)C=C1C. The van der Waals surface area contributed by atoms with E-state index >= 15 is 0 Å². The Hall–Kier alpha value is -0.0700. The minimum atomic E-state index is -2.99. The molecule has 0 bridgehead atoms. The highest BCUT2D eigenvalue weighted by Gasteiger charge is 2.29. The Balaban J connectivity index is 2.64. The van der Waals surface area contributed by atoms with Gasteiger partial charge < -0.3 is 4.90 Å². The van der Waals surface area contributed by atoms with E-state index in [4.69, 9.17) is 12.2 Å². The van der Waals surface area contributed by atoms with Crippen LogP contribution in [0.5, 0.6) is 0 Å². The molecular weight excluding hydrogens is 262 g/mol. The zero-order chi connectivity index (χ0) is 12.3. The van der Waals surface area contributed by atoms with Crippen LogP contribution in [0, 0.1) is 0 Å². The molecule has 1 rings (SSSR count). The third-order valence-corrected chi connectivity index (χ3v) is 6.09. The third-order valence-electron chi connectivity index (χ3n) is 2.52. The lowest BCUT2D eigenvalue weighted by Gasteiger charge is -2.23. The van der Waals surface area contributed by atoms with Crippen LogP contribution in [-0.4, -0.2) is 41.7 Å². The zero-order valence-electron chi connectivity index (χ0n) is 9.76. The second-order valence-corrected chi connectivity index (χ2v) is 7.47. The van der Waals surface area contributed by atoms with Gasteiger partial charge >= 0.3 is 0 Å². The Morgan fingerprint density at radius 3 is 2.50 bits per heavy atom. The van der Waals surface area contributed by atoms with Crippen molar-refractivity contribution in [2.24, 2.45) is 0 Å². The van der Waals surface area contributed by atoms with Crippen LogP contribution in [0.2, 0.25) is 0 Å². The van der Waals surface area contributed by atoms with Gasteiger partial charge in [0.2, 0.25) is 0 Å². The van der Waals surface area contributed by atoms with E-state index in [1.807, 2.05) is 20.8 Å². The number of thioether (sulfide) groups is 1. The first-order valence-corrected chi connectivity index (χ1v) is 8.26. The second kappa shape index (κ2) is 5.51. The molecule has 3 nitrogen and oxygen atoms in total. The van der Waals surface area contributed by atoms with Crippen LogP contribution in [0.15, 0.2) is 11.0 Å². The van der Waals surface area contributed by atoms with Gasteiger partial charge in [-0.25, -0.2) is 8.42 Å². The normalized spacial score (nSPS) is 22.9. The molecule has 0 N–H and O–H groups in total. The zero-order valence-corrected chi connectivity index (χ0v) is 12.2. The maximum Gasteiger partial charge on any atom is 0.173 e. The summed E-state index contributed by atoms with van der Waals surface area (Å²) in [7, 11) is -2.99. The molecule has 1 heterocycles. The molecule has 0 aromatic heterocycles. The van der Waals surface area contributed by atoms with Gasteiger partial charge in [-0.3, -0.25) is 0 Å². The molecule has 0 aliphatic carbocycles. The lowest BCUT2D eigenvalue weighted by atomic mass is 10.3. The number of hydrogen-bond donors (Lipinski definition) is 0. The summed E-state index contributed by atoms with van der Waals surface area (Å²) in [5, 5.41) is 1.37. The van der Waals surface area contributed by atoms with E-state index in [0.717, 1.165) is 23.0 Å². The molecule has 16 heavy (non-hydrogen) atoms. The van der Waals surface area contributed by atoms with E-state index in [0.29, 0.717) is 0 Å². The molecule has 0 aromatic carbocycles. The van der Waals surface area contributed by atoms with Crippen molar-refractivity contribution >= 4 is 38.1 Å². The van der Waals surface area contributed by atoms with Crippen LogP contribution in [0.4, 0.5) is 0 Å². The van der Waals surface area contributed by atoms with Crippen molar-refractivity contribution in [2.75, 3.05) is 18.8 Å². The summed E-state index contributed by atoms with van der Waals surface area (Å²) in [6, 6.07) is 0. The van der Waals surface area contributed by atoms with Crippen molar-refractivity contribution in [3.05, 3.63) is 11.0 Å². The molecule has 6 heteroatoms. The van der Waals surface area contributed by atoms with E-state index in [2.05, 4.69) is 4.90 Å². The predicted octanol–water partition coefficient (Wildman–Crippen LogP) is 2.05. The molecule has 0 aromatic rings. The lowest BCUT2D eigenvalue weighted by molar-refractivity contribution is 0.482. The van der Waals surface area contributed by atoms with Crippen LogP contribution < -0.4 is 0 Å². The monoisotopic (exact) mass is 279 g/mol. The Labute approximate surface area is 107 Å². The molecular formula is C10H17NO2S3. The van der Waals surface area contributed by atoms with Crippen molar-refractivity contribution in [3.8, 4) is 0 Å². The topological polar surface area (TPSA) is 37.4 Å². The quantitative estimate of drug-likeness (QED) is 0.739. The van der Waals surface area contributed by atoms with Crippen molar-refractivity contribution in [3.63, 3.8) is 0 Å². The van der Waals surface area contributed by atoms with E-state index in [1.54, 1.807) is 0 Å². The predicted molar refractivity (Wildman–Crippen MR) is 74.4 cm³/mol. The molecule has 0 unspecified atom stereocenters. The minimum Gasteiger partial charge on any atom is -0.358 e. The molecule has 1 aliphatic rings. The lowest BCUT2D eigenvalue weighted by Crippen LogP contribution is -2.28. The number of rotatable bonds is 3. The van der Waals surface area contributed by atoms with Crippen molar-refractivity contribution in [1.29, 1.82) is 0 Å². The maximum absolute atomic E-state index is 11.4. The summed E-state index contributed by atoms with van der Waals surface area (Å²) in [6.07, 6.45) is 0. The summed E-state index contributed by atoms with van der Waals surface area (Å²) in [5.74, 6) is 0.185. The molecule has 0 saturated carbocycles. The first-order valence-electron chi connectivity index (χ1n) is 5.26. The van der Waals surface area contributed by atoms with Gasteiger partial charge in [-0.05, 0) is 26.3 Å². The average Bonchev–Trinajstić information content (AvgIpc) is 2.41. The van der Waals surface area contributed by atoms with E-state index in [-0.39, 0.29) is 11.0 Å². The van der Waals surface area contributed by atoms with Crippen molar-refractivity contribution < 1.29 is 8.42 Å². The molecule has 92 valence electrons. The highest BCUT2D eigenvalue weighted by molar-refractivity contribution is 8.23. The van der Waals surface area contributed by atoms with Crippen molar-refractivity contribution in [2.45, 2.75) is 26.0 Å². The highest BCUT2D eigenvalue weighted by atomic mass is 32.2. The number of thiocarbonyl (C=S) groups is 1. The number of hydrogen-bond acceptors (Lipinski definition) is 4. The molecule has 0 spiro atoms. The van der Waals surface area contributed by atoms with E-state index in [1.165, 1.54) is 17.2 Å². The largest absolute Gasteiger partial charge is 0.358 e. The van der Waals surface area contributed by atoms with Gasteiger partial charge in [0.1, 0.15) is 4.32 Å². The molecule has 1 atom stereocenters. The molecule has 0 saturated heterocycles. The van der Waals surface area contributed by atoms with Crippen molar-refractivity contribution in [1.82, 2.24) is 4.90 Å². The van der Waals surface area contributed by atoms with Gasteiger partial charge in [0.25, 0.3) is 0 Å². The van der Waals surface area contributed by atoms with E-state index < -0.39 is 9.84 Å². The average molecular weight is 279 g/mol. The fourth-order valence-electron chi connectivity index (χ4n) is 1.55. The van der Waals surface area contributed by atoms with Crippen LogP contribution in [0.1, 0.15) is 20.8 Å². The van der Waals surface area contributed by atoms with Gasteiger partial charge in [0.15, 0.2) is 9.84 Å². The summed E-state index contributed by atoms with van der Waals surface area (Å²) in [5.41, 5.74) is 0.902.